The maximum atomic E-state index is 12.9. The summed E-state index contributed by atoms with van der Waals surface area (Å²) in [6.07, 6.45) is 1.38. The van der Waals surface area contributed by atoms with Gasteiger partial charge in [-0.25, -0.2) is 9.78 Å². The molecule has 1 aromatic heterocycles. The summed E-state index contributed by atoms with van der Waals surface area (Å²) in [6, 6.07) is 14.8. The van der Waals surface area contributed by atoms with E-state index in [-0.39, 0.29) is 11.4 Å². The number of hydrogen-bond donors (Lipinski definition) is 6. The third kappa shape index (κ3) is 6.16. The number of amides is 3. The van der Waals surface area contributed by atoms with E-state index in [0.29, 0.717) is 34.3 Å². The second kappa shape index (κ2) is 10.7. The number of aromatic nitrogens is 1. The van der Waals surface area contributed by atoms with Gasteiger partial charge in [0.1, 0.15) is 5.82 Å². The predicted molar refractivity (Wildman–Crippen MR) is 124 cm³/mol. The number of carbonyl (C=O) groups is 2. The number of pyridine rings is 1. The smallest absolute Gasteiger partial charge is 0.320 e. The van der Waals surface area contributed by atoms with Crippen molar-refractivity contribution in [2.24, 2.45) is 0 Å². The van der Waals surface area contributed by atoms with Crippen LogP contribution in [0.25, 0.3) is 5.53 Å². The minimum atomic E-state index is -0.403. The highest BCUT2D eigenvalue weighted by Gasteiger charge is 2.15. The van der Waals surface area contributed by atoms with E-state index in [2.05, 4.69) is 31.7 Å². The van der Waals surface area contributed by atoms with E-state index < -0.39 is 11.9 Å². The van der Waals surface area contributed by atoms with Crippen LogP contribution < -0.4 is 31.9 Å². The molecule has 0 aliphatic carbocycles. The zero-order valence-corrected chi connectivity index (χ0v) is 17.8. The largest absolute Gasteiger partial charge is 0.355 e. The number of nitrogens with zero attached hydrogens (tertiary/aromatic N) is 2. The van der Waals surface area contributed by atoms with E-state index in [9.17, 15) is 9.59 Å². The Bertz CT molecular complexity index is 1100. The summed E-state index contributed by atoms with van der Waals surface area (Å²) in [6.45, 7) is 2.27. The number of hydrazine groups is 1. The molecule has 0 atom stereocenters. The Morgan fingerprint density at radius 3 is 2.31 bits per heavy atom. The summed E-state index contributed by atoms with van der Waals surface area (Å²) in [5, 5.41) is 13.6. The fourth-order valence-electron chi connectivity index (χ4n) is 2.72. The monoisotopic (exact) mass is 452 g/mol. The highest BCUT2D eigenvalue weighted by Crippen LogP contribution is 2.25. The number of urea groups is 1. The lowest BCUT2D eigenvalue weighted by molar-refractivity contribution is -0.444. The molecule has 32 heavy (non-hydrogen) atoms. The first-order chi connectivity index (χ1) is 15.5. The SMILES string of the molecule is CCNC(=O)Nc1cc(Nc2ccc(Cl)cc2)c(C(=O)Nc2ccc(N[NH+]=[N-])cc2)cn1. The van der Waals surface area contributed by atoms with Crippen LogP contribution in [0.15, 0.2) is 60.8 Å². The highest BCUT2D eigenvalue weighted by atomic mass is 35.5. The van der Waals surface area contributed by atoms with Crippen LogP contribution in [0.2, 0.25) is 5.02 Å². The molecule has 0 unspecified atom stereocenters. The Kier molecular flexibility index (Phi) is 7.55. The molecule has 3 rings (SSSR count). The Labute approximate surface area is 189 Å². The van der Waals surface area contributed by atoms with Crippen LogP contribution in [0.3, 0.4) is 0 Å². The molecule has 11 heteroatoms. The van der Waals surface area contributed by atoms with Crippen LogP contribution in [-0.2, 0) is 0 Å². The lowest BCUT2D eigenvalue weighted by Gasteiger charge is -2.14. The molecular formula is C21H21ClN8O2. The third-order valence-corrected chi connectivity index (χ3v) is 4.45. The molecule has 0 fully saturated rings. The molecule has 0 saturated carbocycles. The van der Waals surface area contributed by atoms with Crippen LogP contribution >= 0.6 is 11.6 Å². The molecule has 2 aromatic carbocycles. The first-order valence-electron chi connectivity index (χ1n) is 9.62. The molecule has 1 heterocycles. The summed E-state index contributed by atoms with van der Waals surface area (Å²) in [7, 11) is 0. The number of halogens is 1. The van der Waals surface area contributed by atoms with E-state index >= 15 is 0 Å². The number of benzene rings is 2. The van der Waals surface area contributed by atoms with E-state index in [1.165, 1.54) is 6.20 Å². The van der Waals surface area contributed by atoms with Gasteiger partial charge in [-0.15, -0.1) is 0 Å². The topological polar surface area (TPSA) is 143 Å². The summed E-state index contributed by atoms with van der Waals surface area (Å²) in [5.41, 5.74) is 13.7. The lowest BCUT2D eigenvalue weighted by atomic mass is 10.2. The molecule has 3 amide bonds. The standard InChI is InChI=1S/C21H21ClN8O2/c1-2-24-21(32)28-19-11-18(26-14-5-3-13(22)4-6-14)17(12-25-19)20(31)27-15-7-9-16(10-8-15)29-30-23/h3-12H,2H2,1H3,(H6-,23,24,25,26,27,28,29,30,31,32). The van der Waals surface area contributed by atoms with E-state index in [0.717, 1.165) is 0 Å². The average molecular weight is 453 g/mol. The van der Waals surface area contributed by atoms with Gasteiger partial charge in [0, 0.05) is 40.9 Å². The zero-order valence-electron chi connectivity index (χ0n) is 17.1. The molecule has 0 saturated heterocycles. The van der Waals surface area contributed by atoms with Crippen molar-refractivity contribution in [1.29, 1.82) is 0 Å². The molecule has 6 N–H and O–H groups in total. The van der Waals surface area contributed by atoms with Gasteiger partial charge in [0.2, 0.25) is 0 Å². The number of anilines is 5. The molecule has 0 bridgehead atoms. The summed E-state index contributed by atoms with van der Waals surface area (Å²) in [5.74, 6) is -0.129. The van der Waals surface area contributed by atoms with Gasteiger partial charge in [0.15, 0.2) is 0 Å². The molecule has 10 nitrogen and oxygen atoms in total. The number of carbonyl (C=O) groups excluding carboxylic acids is 2. The van der Waals surface area contributed by atoms with E-state index in [1.54, 1.807) is 61.5 Å². The van der Waals surface area contributed by atoms with Crippen LogP contribution in [0.5, 0.6) is 0 Å². The minimum absolute atomic E-state index is 0.264. The van der Waals surface area contributed by atoms with Crippen molar-refractivity contribution in [3.63, 3.8) is 0 Å². The van der Waals surface area contributed by atoms with E-state index in [1.807, 2.05) is 5.22 Å². The van der Waals surface area contributed by atoms with Gasteiger partial charge in [-0.3, -0.25) is 15.5 Å². The third-order valence-electron chi connectivity index (χ3n) is 4.19. The van der Waals surface area contributed by atoms with Gasteiger partial charge in [-0.1, -0.05) is 23.7 Å². The lowest BCUT2D eigenvalue weighted by Crippen LogP contribution is -2.68. The maximum Gasteiger partial charge on any atom is 0.320 e. The van der Waals surface area contributed by atoms with Crippen molar-refractivity contribution in [2.45, 2.75) is 6.92 Å². The van der Waals surface area contributed by atoms with Gasteiger partial charge in [0.05, 0.1) is 11.3 Å². The van der Waals surface area contributed by atoms with Crippen molar-refractivity contribution >= 4 is 52.1 Å². The number of rotatable bonds is 8. The Morgan fingerprint density at radius 2 is 1.66 bits per heavy atom. The van der Waals surface area contributed by atoms with Crippen molar-refractivity contribution in [1.82, 2.24) is 10.3 Å². The molecule has 0 aliphatic rings. The Balaban J connectivity index is 1.86. The van der Waals surface area contributed by atoms with Crippen molar-refractivity contribution in [2.75, 3.05) is 27.9 Å². The maximum absolute atomic E-state index is 12.9. The van der Waals surface area contributed by atoms with Crippen LogP contribution in [0.1, 0.15) is 17.3 Å². The minimum Gasteiger partial charge on any atom is -0.355 e. The molecular weight excluding hydrogens is 432 g/mol. The average Bonchev–Trinajstić information content (AvgIpc) is 2.77. The quantitative estimate of drug-likeness (QED) is 0.229. The Hall–Kier alpha value is -4.18. The first-order valence-corrected chi connectivity index (χ1v) is 10.0. The van der Waals surface area contributed by atoms with Crippen LogP contribution in [0.4, 0.5) is 33.4 Å². The van der Waals surface area contributed by atoms with Crippen LogP contribution in [-0.4, -0.2) is 23.5 Å². The Morgan fingerprint density at radius 1 is 1.00 bits per heavy atom. The summed E-state index contributed by atoms with van der Waals surface area (Å²) in [4.78, 5) is 29.0. The van der Waals surface area contributed by atoms with Crippen molar-refractivity contribution in [3.8, 4) is 0 Å². The van der Waals surface area contributed by atoms with Crippen LogP contribution in [0, 0.1) is 0 Å². The van der Waals surface area contributed by atoms with Gasteiger partial charge >= 0.3 is 6.03 Å². The summed E-state index contributed by atoms with van der Waals surface area (Å²) < 4.78 is 0. The second-order valence-corrected chi connectivity index (χ2v) is 6.94. The molecule has 3 aromatic rings. The van der Waals surface area contributed by atoms with Crippen molar-refractivity contribution < 1.29 is 14.8 Å². The van der Waals surface area contributed by atoms with Gasteiger partial charge < -0.3 is 16.0 Å². The predicted octanol–water partition coefficient (Wildman–Crippen LogP) is 3.30. The molecule has 0 aliphatic heterocycles. The fourth-order valence-corrected chi connectivity index (χ4v) is 2.84. The summed E-state index contributed by atoms with van der Waals surface area (Å²) >= 11 is 5.95. The molecule has 0 radical (unpaired) electrons. The second-order valence-electron chi connectivity index (χ2n) is 6.50. The molecule has 0 spiro atoms. The van der Waals surface area contributed by atoms with Gasteiger partial charge in [-0.2, -0.15) is 10.8 Å². The normalized spacial score (nSPS) is 10.1. The van der Waals surface area contributed by atoms with Gasteiger partial charge in [-0.05, 0) is 43.3 Å². The zero-order chi connectivity index (χ0) is 22.9. The van der Waals surface area contributed by atoms with E-state index in [4.69, 9.17) is 17.1 Å². The number of hydrogen-bond acceptors (Lipinski definition) is 4. The number of nitrogens with one attached hydrogen (secondary N) is 6. The van der Waals surface area contributed by atoms with Gasteiger partial charge in [0.25, 0.3) is 5.91 Å². The van der Waals surface area contributed by atoms with Crippen molar-refractivity contribution in [3.05, 3.63) is 76.9 Å². The first kappa shape index (κ1) is 22.5. The fraction of sp³-hybridized carbons (Fsp3) is 0.0952. The highest BCUT2D eigenvalue weighted by molar-refractivity contribution is 6.30. The molecule has 164 valence electrons.